The topological polar surface area (TPSA) is 47.6 Å². The number of hydrogen-bond acceptors (Lipinski definition) is 1. The van der Waals surface area contributed by atoms with Crippen LogP contribution in [0.1, 0.15) is 6.92 Å². The molecular formula is C7H13N3O. The molecule has 62 valence electrons. The van der Waals surface area contributed by atoms with Crippen LogP contribution in [0.2, 0.25) is 0 Å². The zero-order valence-corrected chi connectivity index (χ0v) is 7.01. The Morgan fingerprint density at radius 1 is 1.82 bits per heavy atom. The number of quaternary nitrogens is 1. The van der Waals surface area contributed by atoms with Crippen molar-refractivity contribution in [1.29, 1.82) is 0 Å². The van der Waals surface area contributed by atoms with Crippen molar-refractivity contribution in [1.82, 2.24) is 5.32 Å². The van der Waals surface area contributed by atoms with Crippen molar-refractivity contribution < 1.29 is 9.80 Å². The first-order valence-electron chi connectivity index (χ1n) is 3.64. The molecule has 0 bridgehead atoms. The van der Waals surface area contributed by atoms with Crippen molar-refractivity contribution in [3.63, 3.8) is 0 Å². The van der Waals surface area contributed by atoms with Crippen LogP contribution in [0.5, 0.6) is 0 Å². The predicted octanol–water partition coefficient (Wildman–Crippen LogP) is -1.18. The van der Waals surface area contributed by atoms with Crippen LogP contribution >= 0.6 is 0 Å². The molecule has 0 aliphatic carbocycles. The van der Waals surface area contributed by atoms with Crippen molar-refractivity contribution in [2.45, 2.75) is 13.0 Å². The van der Waals surface area contributed by atoms with E-state index in [9.17, 15) is 4.79 Å². The number of hydrogen-bond donors (Lipinski definition) is 2. The van der Waals surface area contributed by atoms with E-state index in [2.05, 4.69) is 10.7 Å². The first-order chi connectivity index (χ1) is 5.15. The molecule has 4 nitrogen and oxygen atoms in total. The lowest BCUT2D eigenvalue weighted by atomic mass is 10.3. The Hall–Kier alpha value is -0.870. The summed E-state index contributed by atoms with van der Waals surface area (Å²) in [5.41, 5.74) is 4.91. The molecule has 2 N–H and O–H groups in total. The van der Waals surface area contributed by atoms with Crippen LogP contribution in [-0.2, 0) is 4.79 Å². The Morgan fingerprint density at radius 3 is 2.82 bits per heavy atom. The van der Waals surface area contributed by atoms with E-state index in [1.54, 1.807) is 7.05 Å². The highest BCUT2D eigenvalue weighted by Crippen LogP contribution is 2.04. The molecule has 1 heterocycles. The molecule has 0 spiro atoms. The van der Waals surface area contributed by atoms with Gasteiger partial charge < -0.3 is 15.8 Å². The van der Waals surface area contributed by atoms with Crippen molar-refractivity contribution in [2.75, 3.05) is 14.1 Å². The van der Waals surface area contributed by atoms with E-state index in [0.29, 0.717) is 5.70 Å². The molecule has 2 atom stereocenters. The van der Waals surface area contributed by atoms with Gasteiger partial charge in [0.1, 0.15) is 0 Å². The minimum absolute atomic E-state index is 0.0457. The summed E-state index contributed by atoms with van der Waals surface area (Å²) in [5.74, 6) is -0.0457. The average Bonchev–Trinajstić information content (AvgIpc) is 2.28. The molecule has 0 saturated carbocycles. The van der Waals surface area contributed by atoms with Crippen molar-refractivity contribution in [2.24, 2.45) is 0 Å². The Morgan fingerprint density at radius 2 is 2.45 bits per heavy atom. The Bertz CT molecular complexity index is 200. The number of likely N-dealkylation sites (N-methyl/N-ethyl adjacent to an activating group) is 2. The van der Waals surface area contributed by atoms with Gasteiger partial charge in [0, 0.05) is 7.05 Å². The minimum atomic E-state index is -0.0457. The fraction of sp³-hybridized carbons (Fsp3) is 0.571. The first kappa shape index (κ1) is 8.23. The normalized spacial score (nSPS) is 29.9. The molecule has 1 aliphatic rings. The lowest BCUT2D eigenvalue weighted by Crippen LogP contribution is -3.02. The van der Waals surface area contributed by atoms with Gasteiger partial charge in [0.25, 0.3) is 0 Å². The summed E-state index contributed by atoms with van der Waals surface area (Å²) in [4.78, 5) is 11.1. The Kier molecular flexibility index (Phi) is 2.26. The molecule has 1 aliphatic heterocycles. The first-order valence-corrected chi connectivity index (χ1v) is 3.64. The Labute approximate surface area is 66.2 Å². The van der Waals surface area contributed by atoms with Crippen LogP contribution in [0.15, 0.2) is 11.8 Å². The van der Waals surface area contributed by atoms with Gasteiger partial charge in [0.2, 0.25) is 0 Å². The Balaban J connectivity index is 2.71. The second kappa shape index (κ2) is 3.02. The maximum absolute atomic E-state index is 11.1. The van der Waals surface area contributed by atoms with Gasteiger partial charge in [0.15, 0.2) is 5.70 Å². The van der Waals surface area contributed by atoms with Gasteiger partial charge in [-0.25, -0.2) is 0 Å². The number of rotatable bonds is 1. The number of amides is 1. The standard InChI is InChI=1S/C7H13N3O/c1-5-4-6(7(11)8-2)10(3)9-5/h4-5,10H,1-3H3,(H,8,11). The highest BCUT2D eigenvalue weighted by Gasteiger charge is 2.18. The van der Waals surface area contributed by atoms with Crippen molar-refractivity contribution in [3.8, 4) is 0 Å². The van der Waals surface area contributed by atoms with Crippen LogP contribution in [0.3, 0.4) is 0 Å². The van der Waals surface area contributed by atoms with Gasteiger partial charge in [-0.1, -0.05) is 13.0 Å². The molecule has 0 aromatic carbocycles. The maximum Gasteiger partial charge on any atom is 0.303 e. The fourth-order valence-electron chi connectivity index (χ4n) is 1.15. The second-order valence-electron chi connectivity index (χ2n) is 2.61. The summed E-state index contributed by atoms with van der Waals surface area (Å²) in [7, 11) is 3.48. The van der Waals surface area contributed by atoms with Crippen LogP contribution in [0, 0.1) is 0 Å². The molecule has 11 heavy (non-hydrogen) atoms. The average molecular weight is 155 g/mol. The van der Waals surface area contributed by atoms with Gasteiger partial charge in [-0.05, 0) is 6.08 Å². The summed E-state index contributed by atoms with van der Waals surface area (Å²) in [5, 5.41) is 3.40. The third-order valence-corrected chi connectivity index (χ3v) is 1.67. The SMILES string of the molecule is CNC(=O)C1=CC(C)[N-][NH+]1C. The number of carbonyl (C=O) groups is 1. The summed E-state index contributed by atoms with van der Waals surface area (Å²) >= 11 is 0. The molecule has 1 rings (SSSR count). The van der Waals surface area contributed by atoms with Gasteiger partial charge in [-0.15, -0.1) is 0 Å². The van der Waals surface area contributed by atoms with Gasteiger partial charge in [-0.2, -0.15) is 0 Å². The molecule has 0 fully saturated rings. The third-order valence-electron chi connectivity index (χ3n) is 1.67. The smallest absolute Gasteiger partial charge is 0.303 e. The summed E-state index contributed by atoms with van der Waals surface area (Å²) in [6.45, 7) is 1.96. The van der Waals surface area contributed by atoms with Crippen LogP contribution in [-0.4, -0.2) is 26.0 Å². The van der Waals surface area contributed by atoms with Crippen LogP contribution in [0.4, 0.5) is 0 Å². The highest BCUT2D eigenvalue weighted by atomic mass is 16.2. The third kappa shape index (κ3) is 1.58. The van der Waals surface area contributed by atoms with E-state index >= 15 is 0 Å². The quantitative estimate of drug-likeness (QED) is 0.492. The lowest BCUT2D eigenvalue weighted by molar-refractivity contribution is -0.789. The van der Waals surface area contributed by atoms with Crippen LogP contribution < -0.4 is 10.3 Å². The molecule has 2 unspecified atom stereocenters. The summed E-state index contributed by atoms with van der Waals surface area (Å²) in [6.07, 6.45) is 1.87. The zero-order valence-electron chi connectivity index (χ0n) is 7.01. The van der Waals surface area contributed by atoms with E-state index in [4.69, 9.17) is 0 Å². The highest BCUT2D eigenvalue weighted by molar-refractivity contribution is 5.91. The number of nitrogens with one attached hydrogen (secondary N) is 2. The van der Waals surface area contributed by atoms with Gasteiger partial charge in [-0.3, -0.25) is 4.79 Å². The van der Waals surface area contributed by atoms with E-state index in [1.807, 2.05) is 20.0 Å². The molecule has 0 saturated heterocycles. The monoisotopic (exact) mass is 155 g/mol. The summed E-state index contributed by atoms with van der Waals surface area (Å²) in [6, 6.07) is 0.155. The van der Waals surface area contributed by atoms with E-state index in [-0.39, 0.29) is 11.9 Å². The van der Waals surface area contributed by atoms with E-state index < -0.39 is 0 Å². The molecule has 0 radical (unpaired) electrons. The largest absolute Gasteiger partial charge is 0.442 e. The van der Waals surface area contributed by atoms with Crippen molar-refractivity contribution in [3.05, 3.63) is 17.2 Å². The maximum atomic E-state index is 11.1. The van der Waals surface area contributed by atoms with Gasteiger partial charge >= 0.3 is 5.91 Å². The number of carbonyl (C=O) groups excluding carboxylic acids is 1. The van der Waals surface area contributed by atoms with Gasteiger partial charge in [0.05, 0.1) is 7.05 Å². The van der Waals surface area contributed by atoms with E-state index in [1.165, 1.54) is 0 Å². The van der Waals surface area contributed by atoms with E-state index in [0.717, 1.165) is 5.01 Å². The molecule has 1 amide bonds. The van der Waals surface area contributed by atoms with Crippen LogP contribution in [0.25, 0.3) is 5.43 Å². The molecule has 0 aromatic heterocycles. The zero-order chi connectivity index (χ0) is 8.43. The number of nitrogens with zero attached hydrogens (tertiary/aromatic N) is 1. The molecule has 0 aromatic rings. The summed E-state index contributed by atoms with van der Waals surface area (Å²) < 4.78 is 0. The minimum Gasteiger partial charge on any atom is -0.442 e. The fourth-order valence-corrected chi connectivity index (χ4v) is 1.15. The van der Waals surface area contributed by atoms with Crippen molar-refractivity contribution >= 4 is 5.91 Å². The lowest BCUT2D eigenvalue weighted by Gasteiger charge is -2.22. The molecule has 4 heteroatoms. The second-order valence-corrected chi connectivity index (χ2v) is 2.61. The predicted molar refractivity (Wildman–Crippen MR) is 41.9 cm³/mol. The molecular weight excluding hydrogens is 142 g/mol.